The van der Waals surface area contributed by atoms with Crippen molar-refractivity contribution in [3.63, 3.8) is 0 Å². The normalized spacial score (nSPS) is 37.7. The predicted octanol–water partition coefficient (Wildman–Crippen LogP) is 2.25. The fourth-order valence-electron chi connectivity index (χ4n) is 3.71. The van der Waals surface area contributed by atoms with Crippen LogP contribution in [-0.4, -0.2) is 43.8 Å². The summed E-state index contributed by atoms with van der Waals surface area (Å²) in [5.41, 5.74) is 6.80. The van der Waals surface area contributed by atoms with Crippen LogP contribution < -0.4 is 5.73 Å². The van der Waals surface area contributed by atoms with Crippen LogP contribution in [0.15, 0.2) is 0 Å². The van der Waals surface area contributed by atoms with E-state index in [1.165, 1.54) is 45.2 Å². The van der Waals surface area contributed by atoms with E-state index in [2.05, 4.69) is 18.7 Å². The molecule has 18 heavy (non-hydrogen) atoms. The molecule has 1 aliphatic heterocycles. The van der Waals surface area contributed by atoms with E-state index in [1.807, 2.05) is 7.11 Å². The second kappa shape index (κ2) is 5.89. The SMILES string of the molecule is COC1CCCN(CC2CCCC(C)(C)C2N)C1. The minimum atomic E-state index is 0.319. The van der Waals surface area contributed by atoms with E-state index in [9.17, 15) is 0 Å². The number of nitrogens with two attached hydrogens (primary N) is 1. The molecular weight excluding hydrogens is 224 g/mol. The van der Waals surface area contributed by atoms with Crippen molar-refractivity contribution in [3.05, 3.63) is 0 Å². The van der Waals surface area contributed by atoms with E-state index in [4.69, 9.17) is 10.5 Å². The highest BCUT2D eigenvalue weighted by atomic mass is 16.5. The van der Waals surface area contributed by atoms with Gasteiger partial charge in [0.05, 0.1) is 6.10 Å². The number of ether oxygens (including phenoxy) is 1. The van der Waals surface area contributed by atoms with Gasteiger partial charge in [-0.3, -0.25) is 0 Å². The van der Waals surface area contributed by atoms with E-state index in [1.54, 1.807) is 0 Å². The summed E-state index contributed by atoms with van der Waals surface area (Å²) in [7, 11) is 1.84. The van der Waals surface area contributed by atoms with Gasteiger partial charge in [0.25, 0.3) is 0 Å². The van der Waals surface area contributed by atoms with Gasteiger partial charge in [-0.2, -0.15) is 0 Å². The average molecular weight is 254 g/mol. The van der Waals surface area contributed by atoms with Crippen LogP contribution in [0.1, 0.15) is 46.0 Å². The van der Waals surface area contributed by atoms with Crippen LogP contribution in [0.2, 0.25) is 0 Å². The summed E-state index contributed by atoms with van der Waals surface area (Å²) in [6.07, 6.45) is 6.85. The van der Waals surface area contributed by atoms with E-state index < -0.39 is 0 Å². The number of piperidine rings is 1. The lowest BCUT2D eigenvalue weighted by Crippen LogP contribution is -2.52. The quantitative estimate of drug-likeness (QED) is 0.839. The zero-order valence-corrected chi connectivity index (χ0v) is 12.3. The largest absolute Gasteiger partial charge is 0.380 e. The van der Waals surface area contributed by atoms with Crippen LogP contribution in [0.25, 0.3) is 0 Å². The monoisotopic (exact) mass is 254 g/mol. The summed E-state index contributed by atoms with van der Waals surface area (Å²) in [5, 5.41) is 0. The van der Waals surface area contributed by atoms with Gasteiger partial charge in [0.15, 0.2) is 0 Å². The number of rotatable bonds is 3. The van der Waals surface area contributed by atoms with Crippen molar-refractivity contribution in [3.8, 4) is 0 Å². The molecule has 3 unspecified atom stereocenters. The molecule has 0 aromatic heterocycles. The maximum atomic E-state index is 6.48. The summed E-state index contributed by atoms with van der Waals surface area (Å²) in [4.78, 5) is 2.57. The molecule has 1 heterocycles. The van der Waals surface area contributed by atoms with Crippen LogP contribution in [0.5, 0.6) is 0 Å². The van der Waals surface area contributed by atoms with Gasteiger partial charge >= 0.3 is 0 Å². The third-order valence-electron chi connectivity index (χ3n) is 5.09. The third kappa shape index (κ3) is 3.25. The molecule has 0 aromatic carbocycles. The van der Waals surface area contributed by atoms with Crippen LogP contribution in [0, 0.1) is 11.3 Å². The lowest BCUT2D eigenvalue weighted by molar-refractivity contribution is 0.0150. The highest BCUT2D eigenvalue weighted by Gasteiger charge is 2.37. The summed E-state index contributed by atoms with van der Waals surface area (Å²) in [6, 6.07) is 0.356. The zero-order valence-electron chi connectivity index (χ0n) is 12.3. The Morgan fingerprint density at radius 3 is 2.78 bits per heavy atom. The molecule has 0 aromatic rings. The zero-order chi connectivity index (χ0) is 13.2. The summed E-state index contributed by atoms with van der Waals surface area (Å²) >= 11 is 0. The molecule has 1 aliphatic carbocycles. The van der Waals surface area contributed by atoms with Gasteiger partial charge in [-0.15, -0.1) is 0 Å². The van der Waals surface area contributed by atoms with Gasteiger partial charge in [-0.1, -0.05) is 20.3 Å². The first-order valence-electron chi connectivity index (χ1n) is 7.53. The van der Waals surface area contributed by atoms with Gasteiger partial charge in [0, 0.05) is 26.2 Å². The topological polar surface area (TPSA) is 38.5 Å². The van der Waals surface area contributed by atoms with Crippen molar-refractivity contribution in [1.29, 1.82) is 0 Å². The summed E-state index contributed by atoms with van der Waals surface area (Å²) in [5.74, 6) is 0.671. The van der Waals surface area contributed by atoms with Gasteiger partial charge in [-0.05, 0) is 43.6 Å². The van der Waals surface area contributed by atoms with Crippen LogP contribution in [0.4, 0.5) is 0 Å². The van der Waals surface area contributed by atoms with Crippen LogP contribution in [-0.2, 0) is 4.74 Å². The molecule has 1 saturated carbocycles. The Morgan fingerprint density at radius 1 is 1.28 bits per heavy atom. The molecule has 3 heteroatoms. The molecule has 2 fully saturated rings. The lowest BCUT2D eigenvalue weighted by atomic mass is 9.68. The average Bonchev–Trinajstić information content (AvgIpc) is 2.35. The van der Waals surface area contributed by atoms with E-state index in [-0.39, 0.29) is 0 Å². The molecule has 0 amide bonds. The molecule has 3 nitrogen and oxygen atoms in total. The van der Waals surface area contributed by atoms with Crippen molar-refractivity contribution in [2.24, 2.45) is 17.1 Å². The van der Waals surface area contributed by atoms with Crippen molar-refractivity contribution in [2.45, 2.75) is 58.1 Å². The van der Waals surface area contributed by atoms with Crippen LogP contribution >= 0.6 is 0 Å². The first-order chi connectivity index (χ1) is 8.53. The third-order valence-corrected chi connectivity index (χ3v) is 5.09. The van der Waals surface area contributed by atoms with Crippen LogP contribution in [0.3, 0.4) is 0 Å². The Balaban J connectivity index is 1.88. The minimum absolute atomic E-state index is 0.319. The number of hydrogen-bond donors (Lipinski definition) is 1. The summed E-state index contributed by atoms with van der Waals surface area (Å²) < 4.78 is 5.51. The molecule has 2 aliphatic rings. The van der Waals surface area contributed by atoms with Gasteiger partial charge in [0.1, 0.15) is 0 Å². The molecule has 0 bridgehead atoms. The van der Waals surface area contributed by atoms with Crippen molar-refractivity contribution in [2.75, 3.05) is 26.7 Å². The predicted molar refractivity (Wildman–Crippen MR) is 75.6 cm³/mol. The molecule has 1 saturated heterocycles. The fraction of sp³-hybridized carbons (Fsp3) is 1.00. The fourth-order valence-corrected chi connectivity index (χ4v) is 3.71. The Labute approximate surface area is 112 Å². The summed E-state index contributed by atoms with van der Waals surface area (Å²) in [6.45, 7) is 8.16. The van der Waals surface area contributed by atoms with Gasteiger partial charge in [0.2, 0.25) is 0 Å². The lowest BCUT2D eigenvalue weighted by Gasteiger charge is -2.44. The number of likely N-dealkylation sites (tertiary alicyclic amines) is 1. The number of hydrogen-bond acceptors (Lipinski definition) is 3. The molecule has 106 valence electrons. The molecule has 0 radical (unpaired) electrons. The van der Waals surface area contributed by atoms with E-state index in [0.717, 1.165) is 6.54 Å². The van der Waals surface area contributed by atoms with E-state index in [0.29, 0.717) is 23.5 Å². The molecule has 2 rings (SSSR count). The molecule has 3 atom stereocenters. The highest BCUT2D eigenvalue weighted by Crippen LogP contribution is 2.38. The van der Waals surface area contributed by atoms with Crippen molar-refractivity contribution < 1.29 is 4.74 Å². The Morgan fingerprint density at radius 2 is 2.06 bits per heavy atom. The highest BCUT2D eigenvalue weighted by molar-refractivity contribution is 4.92. The first-order valence-corrected chi connectivity index (χ1v) is 7.53. The van der Waals surface area contributed by atoms with Gasteiger partial charge in [-0.25, -0.2) is 0 Å². The molecule has 2 N–H and O–H groups in total. The van der Waals surface area contributed by atoms with Crippen molar-refractivity contribution >= 4 is 0 Å². The molecule has 0 spiro atoms. The minimum Gasteiger partial charge on any atom is -0.380 e. The molecular formula is C15H30N2O. The van der Waals surface area contributed by atoms with E-state index >= 15 is 0 Å². The Bertz CT molecular complexity index is 267. The maximum Gasteiger partial charge on any atom is 0.0698 e. The second-order valence-corrected chi connectivity index (χ2v) is 6.93. The Kier molecular flexibility index (Phi) is 4.68. The smallest absolute Gasteiger partial charge is 0.0698 e. The maximum absolute atomic E-state index is 6.48. The second-order valence-electron chi connectivity index (χ2n) is 6.93. The Hall–Kier alpha value is -0.120. The number of methoxy groups -OCH3 is 1. The number of nitrogens with zero attached hydrogens (tertiary/aromatic N) is 1. The first kappa shape index (κ1) is 14.3. The van der Waals surface area contributed by atoms with Crippen molar-refractivity contribution in [1.82, 2.24) is 4.90 Å². The standard InChI is InChI=1S/C15H30N2O/c1-15(2)8-4-6-12(14(15)16)10-17-9-5-7-13(11-17)18-3/h12-14H,4-11,16H2,1-3H3. The van der Waals surface area contributed by atoms with Gasteiger partial charge < -0.3 is 15.4 Å².